The molecule has 3 aliphatic rings. The van der Waals surface area contributed by atoms with E-state index in [1.807, 2.05) is 10.9 Å². The number of hydrogen-bond acceptors (Lipinski definition) is 8. The van der Waals surface area contributed by atoms with E-state index in [-0.39, 0.29) is 30.1 Å². The quantitative estimate of drug-likeness (QED) is 0.337. The third kappa shape index (κ3) is 3.24. The second-order valence-corrected chi connectivity index (χ2v) is 6.91. The van der Waals surface area contributed by atoms with E-state index in [1.165, 1.54) is 9.96 Å². The molecule has 0 aliphatic carbocycles. The minimum absolute atomic E-state index is 0.0543. The first kappa shape index (κ1) is 17.5. The second kappa shape index (κ2) is 7.39. The fourth-order valence-electron chi connectivity index (χ4n) is 3.83. The normalized spacial score (nSPS) is 30.9. The molecule has 0 radical (unpaired) electrons. The Bertz CT molecular complexity index is 660. The molecule has 142 valence electrons. The van der Waals surface area contributed by atoms with E-state index < -0.39 is 6.04 Å². The monoisotopic (exact) mass is 383 g/mol. The molecule has 1 aromatic heterocycles. The lowest BCUT2D eigenvalue weighted by Crippen LogP contribution is -2.50. The molecule has 2 N–H and O–H groups in total. The Balaban J connectivity index is 1.23. The van der Waals surface area contributed by atoms with Crippen molar-refractivity contribution in [3.8, 4) is 0 Å². The molecule has 0 aromatic carbocycles. The van der Waals surface area contributed by atoms with Gasteiger partial charge < -0.3 is 10.2 Å². The summed E-state index contributed by atoms with van der Waals surface area (Å²) in [5, 5.41) is 12.4. The molecule has 12 heteroatoms. The van der Waals surface area contributed by atoms with Gasteiger partial charge in [-0.1, -0.05) is 5.21 Å². The van der Waals surface area contributed by atoms with Gasteiger partial charge in [0.1, 0.15) is 6.04 Å². The molecular formula is C14H21N7O4S. The summed E-state index contributed by atoms with van der Waals surface area (Å²) in [5.74, 6) is -0.316. The molecule has 4 heterocycles. The third-order valence-electron chi connectivity index (χ3n) is 5.18. The second-order valence-electron chi connectivity index (χ2n) is 6.74. The van der Waals surface area contributed by atoms with Gasteiger partial charge in [0, 0.05) is 38.2 Å². The lowest BCUT2D eigenvalue weighted by Gasteiger charge is -2.29. The number of urea groups is 1. The summed E-state index contributed by atoms with van der Waals surface area (Å²) in [7, 11) is 0. The van der Waals surface area contributed by atoms with Gasteiger partial charge in [-0.15, -0.1) is 5.10 Å². The highest BCUT2D eigenvalue weighted by atomic mass is 32.1. The number of fused-ring (bicyclic) bond motifs is 2. The Hall–Kier alpha value is -1.89. The van der Waals surface area contributed by atoms with Crippen LogP contribution in [0.5, 0.6) is 0 Å². The zero-order chi connectivity index (χ0) is 18.1. The zero-order valence-corrected chi connectivity index (χ0v) is 14.9. The van der Waals surface area contributed by atoms with E-state index >= 15 is 0 Å². The first-order chi connectivity index (χ1) is 12.7. The molecule has 11 nitrogen and oxygen atoms in total. The van der Waals surface area contributed by atoms with Gasteiger partial charge >= 0.3 is 6.03 Å². The number of hydroxylamine groups is 3. The molecule has 2 bridgehead atoms. The number of nitrogens with one attached hydrogen (secondary N) is 2. The summed E-state index contributed by atoms with van der Waals surface area (Å²) in [6, 6.07) is -0.600. The minimum Gasteiger partial charge on any atom is -0.309 e. The average Bonchev–Trinajstić information content (AvgIpc) is 3.37. The van der Waals surface area contributed by atoms with E-state index in [1.54, 1.807) is 6.20 Å². The lowest BCUT2D eigenvalue weighted by atomic mass is 10.0. The summed E-state index contributed by atoms with van der Waals surface area (Å²) in [6.45, 7) is 1.57. The molecule has 3 saturated heterocycles. The molecule has 4 rings (SSSR count). The first-order valence-corrected chi connectivity index (χ1v) is 8.96. The van der Waals surface area contributed by atoms with Crippen LogP contribution in [-0.2, 0) is 13.9 Å². The van der Waals surface area contributed by atoms with E-state index in [4.69, 9.17) is 9.12 Å². The van der Waals surface area contributed by atoms with Crippen LogP contribution in [0, 0.1) is 0 Å². The van der Waals surface area contributed by atoms with Crippen LogP contribution >= 0.6 is 12.9 Å². The van der Waals surface area contributed by atoms with Crippen LogP contribution in [0.25, 0.3) is 0 Å². The maximum absolute atomic E-state index is 12.4. The maximum Gasteiger partial charge on any atom is 0.345 e. The highest BCUT2D eigenvalue weighted by Gasteiger charge is 2.48. The van der Waals surface area contributed by atoms with Gasteiger partial charge in [-0.3, -0.25) is 9.63 Å². The van der Waals surface area contributed by atoms with Crippen molar-refractivity contribution < 1.29 is 18.7 Å². The molecule has 1 aromatic rings. The van der Waals surface area contributed by atoms with E-state index in [2.05, 4.69) is 34.0 Å². The highest BCUT2D eigenvalue weighted by molar-refractivity contribution is 7.75. The molecule has 2 unspecified atom stereocenters. The van der Waals surface area contributed by atoms with Gasteiger partial charge in [-0.25, -0.2) is 19.2 Å². The van der Waals surface area contributed by atoms with Crippen molar-refractivity contribution in [1.29, 1.82) is 0 Å². The maximum atomic E-state index is 12.4. The zero-order valence-electron chi connectivity index (χ0n) is 14.0. The number of aromatic nitrogens is 3. The first-order valence-electron chi connectivity index (χ1n) is 8.59. The van der Waals surface area contributed by atoms with Gasteiger partial charge in [0.2, 0.25) is 0 Å². The van der Waals surface area contributed by atoms with E-state index in [0.717, 1.165) is 13.0 Å². The average molecular weight is 383 g/mol. The Morgan fingerprint density at radius 1 is 1.42 bits per heavy atom. The van der Waals surface area contributed by atoms with Crippen LogP contribution in [0.1, 0.15) is 25.3 Å². The molecule has 26 heavy (non-hydrogen) atoms. The molecule has 3 fully saturated rings. The van der Waals surface area contributed by atoms with Crippen LogP contribution in [0.15, 0.2) is 12.4 Å². The third-order valence-corrected chi connectivity index (χ3v) is 5.36. The molecule has 0 spiro atoms. The van der Waals surface area contributed by atoms with Crippen LogP contribution in [-0.4, -0.2) is 74.7 Å². The number of nitrogens with zero attached hydrogens (tertiary/aromatic N) is 5. The highest BCUT2D eigenvalue weighted by Crippen LogP contribution is 2.30. The molecule has 0 saturated carbocycles. The van der Waals surface area contributed by atoms with E-state index in [9.17, 15) is 9.59 Å². The fraction of sp³-hybridized carbons (Fsp3) is 0.714. The molecule has 3 amide bonds. The summed E-state index contributed by atoms with van der Waals surface area (Å²) in [4.78, 5) is 31.5. The van der Waals surface area contributed by atoms with Gasteiger partial charge in [-0.2, -0.15) is 5.06 Å². The number of piperidine rings is 1. The molecule has 4 atom stereocenters. The predicted octanol–water partition coefficient (Wildman–Crippen LogP) is -0.726. The Morgan fingerprint density at radius 2 is 2.31 bits per heavy atom. The SMILES string of the molecule is O=C(NOC[C@@H]1C[C@@H](n2ccnn2)CN1)C1CCC2CN1C(=O)N2OS. The summed E-state index contributed by atoms with van der Waals surface area (Å²) < 4.78 is 6.63. The van der Waals surface area contributed by atoms with Crippen LogP contribution < -0.4 is 10.8 Å². The number of amides is 3. The number of thiol groups is 1. The smallest absolute Gasteiger partial charge is 0.309 e. The van der Waals surface area contributed by atoms with Crippen LogP contribution in [0.3, 0.4) is 0 Å². The number of carbonyl (C=O) groups excluding carboxylic acids is 2. The summed E-state index contributed by atoms with van der Waals surface area (Å²) in [5.41, 5.74) is 2.48. The van der Waals surface area contributed by atoms with Crippen molar-refractivity contribution in [1.82, 2.24) is 35.8 Å². The standard InChI is InChI=1S/C14H21N7O4S/c22-13(12-2-1-10-7-19(12)14(23)21(10)25-26)17-24-8-9-5-11(6-15-9)20-4-3-16-18-20/h3-4,9-12,15,26H,1-2,5-8H2,(H,17,22)/t9-,10?,11+,12?/m0/s1. The van der Waals surface area contributed by atoms with Gasteiger partial charge in [-0.05, 0) is 19.3 Å². The topological polar surface area (TPSA) is 114 Å². The minimum atomic E-state index is -0.549. The number of rotatable bonds is 6. The van der Waals surface area contributed by atoms with Crippen molar-refractivity contribution in [2.75, 3.05) is 19.7 Å². The molecular weight excluding hydrogens is 362 g/mol. The summed E-state index contributed by atoms with van der Waals surface area (Å²) >= 11 is 3.71. The van der Waals surface area contributed by atoms with Gasteiger partial charge in [0.25, 0.3) is 5.91 Å². The van der Waals surface area contributed by atoms with Gasteiger partial charge in [0.05, 0.1) is 24.9 Å². The van der Waals surface area contributed by atoms with Crippen molar-refractivity contribution >= 4 is 24.8 Å². The largest absolute Gasteiger partial charge is 0.345 e. The van der Waals surface area contributed by atoms with Crippen LogP contribution in [0.4, 0.5) is 4.79 Å². The van der Waals surface area contributed by atoms with Gasteiger partial charge in [0.15, 0.2) is 0 Å². The van der Waals surface area contributed by atoms with Crippen LogP contribution in [0.2, 0.25) is 0 Å². The Kier molecular flexibility index (Phi) is 4.98. The number of hydrogen-bond donors (Lipinski definition) is 3. The molecule has 3 aliphatic heterocycles. The fourth-order valence-corrected chi connectivity index (χ4v) is 4.03. The van der Waals surface area contributed by atoms with Crippen molar-refractivity contribution in [3.63, 3.8) is 0 Å². The number of carbonyl (C=O) groups is 2. The van der Waals surface area contributed by atoms with Crippen molar-refractivity contribution in [2.24, 2.45) is 0 Å². The van der Waals surface area contributed by atoms with E-state index in [0.29, 0.717) is 26.0 Å². The Labute approximate surface area is 155 Å². The lowest BCUT2D eigenvalue weighted by molar-refractivity contribution is -0.139. The Morgan fingerprint density at radius 3 is 3.08 bits per heavy atom. The summed E-state index contributed by atoms with van der Waals surface area (Å²) in [6.07, 6.45) is 5.57. The predicted molar refractivity (Wildman–Crippen MR) is 90.4 cm³/mol. The van der Waals surface area contributed by atoms with Crippen molar-refractivity contribution in [3.05, 3.63) is 12.4 Å². The van der Waals surface area contributed by atoms with Crippen molar-refractivity contribution in [2.45, 2.75) is 43.4 Å².